The van der Waals surface area contributed by atoms with Gasteiger partial charge in [-0.3, -0.25) is 4.55 Å². The van der Waals surface area contributed by atoms with Crippen molar-refractivity contribution in [3.63, 3.8) is 0 Å². The molecule has 0 aliphatic heterocycles. The van der Waals surface area contributed by atoms with Gasteiger partial charge in [-0.1, -0.05) is 6.58 Å². The van der Waals surface area contributed by atoms with Gasteiger partial charge >= 0.3 is 5.97 Å². The SMILES string of the molecule is C=C(C)C(=O)OCCOCCOCCOCC[N+](C)(C)CCCCS(=O)(=O)O. The third-order valence-corrected chi connectivity index (χ3v) is 4.61. The number of nitrogens with zero attached hydrogens (tertiary/aromatic N) is 1. The summed E-state index contributed by atoms with van der Waals surface area (Å²) in [5.41, 5.74) is 0.364. The number of carbonyl (C=O) groups is 1. The fourth-order valence-corrected chi connectivity index (χ4v) is 2.68. The van der Waals surface area contributed by atoms with Gasteiger partial charge < -0.3 is 23.4 Å². The quantitative estimate of drug-likeness (QED) is 0.113. The molecule has 0 saturated carbocycles. The second-order valence-electron chi connectivity index (χ2n) is 7.13. The van der Waals surface area contributed by atoms with E-state index in [4.69, 9.17) is 23.5 Å². The van der Waals surface area contributed by atoms with E-state index in [1.54, 1.807) is 6.92 Å². The van der Waals surface area contributed by atoms with Crippen molar-refractivity contribution in [2.45, 2.75) is 19.8 Å². The normalized spacial score (nSPS) is 12.1. The standard InChI is InChI=1S/C18H35NO8S/c1-17(2)18(20)27-15-14-26-13-12-25-11-10-24-9-8-19(3,4)7-5-6-16-28(21,22)23/h1,5-16H2,2-4H3/p+1. The van der Waals surface area contributed by atoms with Gasteiger partial charge in [0.2, 0.25) is 0 Å². The average Bonchev–Trinajstić information content (AvgIpc) is 2.58. The first kappa shape index (κ1) is 27.0. The van der Waals surface area contributed by atoms with Crippen molar-refractivity contribution in [2.24, 2.45) is 0 Å². The Morgan fingerprint density at radius 1 is 0.893 bits per heavy atom. The maximum atomic E-state index is 11.1. The Morgan fingerprint density at radius 3 is 1.89 bits per heavy atom. The summed E-state index contributed by atoms with van der Waals surface area (Å²) in [4.78, 5) is 11.1. The van der Waals surface area contributed by atoms with Gasteiger partial charge in [0, 0.05) is 5.57 Å². The highest BCUT2D eigenvalue weighted by Crippen LogP contribution is 2.03. The lowest BCUT2D eigenvalue weighted by molar-refractivity contribution is -0.890. The lowest BCUT2D eigenvalue weighted by Crippen LogP contribution is -2.43. The summed E-state index contributed by atoms with van der Waals surface area (Å²) in [7, 11) is 0.243. The second-order valence-corrected chi connectivity index (χ2v) is 8.70. The molecule has 0 saturated heterocycles. The van der Waals surface area contributed by atoms with Crippen molar-refractivity contribution in [3.8, 4) is 0 Å². The van der Waals surface area contributed by atoms with Crippen molar-refractivity contribution in [1.82, 2.24) is 0 Å². The summed E-state index contributed by atoms with van der Waals surface area (Å²) in [5.74, 6) is -0.610. The predicted molar refractivity (Wildman–Crippen MR) is 106 cm³/mol. The number of hydrogen-bond donors (Lipinski definition) is 1. The largest absolute Gasteiger partial charge is 0.460 e. The van der Waals surface area contributed by atoms with Crippen LogP contribution in [0.15, 0.2) is 12.2 Å². The minimum Gasteiger partial charge on any atom is -0.460 e. The number of ether oxygens (including phenoxy) is 4. The topological polar surface area (TPSA) is 108 Å². The number of hydrogen-bond acceptors (Lipinski definition) is 7. The van der Waals surface area contributed by atoms with Gasteiger partial charge in [0.25, 0.3) is 10.1 Å². The van der Waals surface area contributed by atoms with Crippen molar-refractivity contribution < 1.29 is 41.2 Å². The number of carbonyl (C=O) groups excluding carboxylic acids is 1. The van der Waals surface area contributed by atoms with Crippen LogP contribution >= 0.6 is 0 Å². The summed E-state index contributed by atoms with van der Waals surface area (Å²) in [6.07, 6.45) is 1.18. The molecule has 9 nitrogen and oxygen atoms in total. The average molecular weight is 427 g/mol. The zero-order chi connectivity index (χ0) is 21.5. The van der Waals surface area contributed by atoms with E-state index < -0.39 is 16.1 Å². The van der Waals surface area contributed by atoms with Crippen LogP contribution in [-0.2, 0) is 33.9 Å². The molecule has 0 aromatic rings. The molecule has 0 unspecified atom stereocenters. The lowest BCUT2D eigenvalue weighted by atomic mass is 10.3. The number of unbranched alkanes of at least 4 members (excludes halogenated alkanes) is 1. The molecule has 0 aliphatic rings. The zero-order valence-electron chi connectivity index (χ0n) is 17.4. The molecular weight excluding hydrogens is 390 g/mol. The molecular formula is C18H36NO8S+. The Hall–Kier alpha value is -1.04. The number of quaternary nitrogens is 1. The number of likely N-dealkylation sites (N-methyl/N-ethyl adjacent to an activating group) is 1. The Kier molecular flexibility index (Phi) is 14.3. The lowest BCUT2D eigenvalue weighted by Gasteiger charge is -2.29. The number of rotatable bonds is 18. The van der Waals surface area contributed by atoms with E-state index >= 15 is 0 Å². The molecule has 0 radical (unpaired) electrons. The van der Waals surface area contributed by atoms with Crippen LogP contribution in [0.25, 0.3) is 0 Å². The van der Waals surface area contributed by atoms with Gasteiger partial charge in [-0.2, -0.15) is 8.42 Å². The molecule has 0 spiro atoms. The van der Waals surface area contributed by atoms with E-state index in [0.717, 1.165) is 24.0 Å². The minimum atomic E-state index is -3.86. The molecule has 0 heterocycles. The van der Waals surface area contributed by atoms with E-state index in [-0.39, 0.29) is 12.4 Å². The molecule has 0 fully saturated rings. The summed E-state index contributed by atoms with van der Waals surface area (Å²) < 4.78 is 51.9. The monoisotopic (exact) mass is 426 g/mol. The molecule has 0 rings (SSSR count). The van der Waals surface area contributed by atoms with Crippen molar-refractivity contribution >= 4 is 16.1 Å². The minimum absolute atomic E-state index is 0.190. The number of esters is 1. The van der Waals surface area contributed by atoms with Gasteiger partial charge in [-0.05, 0) is 19.8 Å². The van der Waals surface area contributed by atoms with Crippen LogP contribution < -0.4 is 0 Å². The Balaban J connectivity index is 3.44. The molecule has 0 aliphatic carbocycles. The zero-order valence-corrected chi connectivity index (χ0v) is 18.2. The third kappa shape index (κ3) is 18.3. The maximum absolute atomic E-state index is 11.1. The van der Waals surface area contributed by atoms with Crippen LogP contribution in [0.2, 0.25) is 0 Å². The van der Waals surface area contributed by atoms with Crippen LogP contribution in [0.3, 0.4) is 0 Å². The fraction of sp³-hybridized carbons (Fsp3) is 0.833. The van der Waals surface area contributed by atoms with Crippen LogP contribution in [0, 0.1) is 0 Å². The van der Waals surface area contributed by atoms with E-state index in [9.17, 15) is 13.2 Å². The maximum Gasteiger partial charge on any atom is 0.333 e. The van der Waals surface area contributed by atoms with Crippen LogP contribution in [0.5, 0.6) is 0 Å². The summed E-state index contributed by atoms with van der Waals surface area (Å²) >= 11 is 0. The molecule has 0 aromatic heterocycles. The molecule has 1 N–H and O–H groups in total. The summed E-state index contributed by atoms with van der Waals surface area (Å²) in [6.45, 7) is 9.59. The molecule has 0 amide bonds. The second kappa shape index (κ2) is 14.9. The first-order valence-electron chi connectivity index (χ1n) is 9.36. The van der Waals surface area contributed by atoms with Gasteiger partial charge in [-0.15, -0.1) is 0 Å². The van der Waals surface area contributed by atoms with Crippen LogP contribution in [-0.4, -0.2) is 103 Å². The molecule has 0 aromatic carbocycles. The highest BCUT2D eigenvalue weighted by molar-refractivity contribution is 7.85. The third-order valence-electron chi connectivity index (χ3n) is 3.81. The van der Waals surface area contributed by atoms with Gasteiger partial charge in [-0.25, -0.2) is 4.79 Å². The van der Waals surface area contributed by atoms with Gasteiger partial charge in [0.15, 0.2) is 0 Å². The first-order chi connectivity index (χ1) is 13.0. The van der Waals surface area contributed by atoms with Gasteiger partial charge in [0.1, 0.15) is 13.2 Å². The van der Waals surface area contributed by atoms with E-state index in [0.29, 0.717) is 51.6 Å². The Morgan fingerprint density at radius 2 is 1.39 bits per heavy atom. The summed E-state index contributed by atoms with van der Waals surface area (Å²) in [6, 6.07) is 0. The Bertz CT molecular complexity index is 548. The van der Waals surface area contributed by atoms with Crippen molar-refractivity contribution in [1.29, 1.82) is 0 Å². The molecule has 28 heavy (non-hydrogen) atoms. The van der Waals surface area contributed by atoms with Crippen molar-refractivity contribution in [3.05, 3.63) is 12.2 Å². The van der Waals surface area contributed by atoms with E-state index in [1.807, 2.05) is 0 Å². The van der Waals surface area contributed by atoms with Crippen LogP contribution in [0.1, 0.15) is 19.8 Å². The van der Waals surface area contributed by atoms with Gasteiger partial charge in [0.05, 0.1) is 66.0 Å². The van der Waals surface area contributed by atoms with Crippen molar-refractivity contribution in [2.75, 3.05) is 79.2 Å². The van der Waals surface area contributed by atoms with E-state index in [1.165, 1.54) is 0 Å². The molecule has 10 heteroatoms. The first-order valence-corrected chi connectivity index (χ1v) is 11.0. The predicted octanol–water partition coefficient (Wildman–Crippen LogP) is 0.900. The highest BCUT2D eigenvalue weighted by Gasteiger charge is 2.15. The fourth-order valence-electron chi connectivity index (χ4n) is 2.11. The highest BCUT2D eigenvalue weighted by atomic mass is 32.2. The molecule has 166 valence electrons. The Labute approximate surface area is 168 Å². The van der Waals surface area contributed by atoms with Crippen LogP contribution in [0.4, 0.5) is 0 Å². The van der Waals surface area contributed by atoms with E-state index in [2.05, 4.69) is 20.7 Å². The molecule has 0 atom stereocenters. The smallest absolute Gasteiger partial charge is 0.333 e. The molecule has 0 bridgehead atoms. The summed E-state index contributed by atoms with van der Waals surface area (Å²) in [5, 5.41) is 0.